The number of rotatable bonds is 2. The van der Waals surface area contributed by atoms with Crippen molar-refractivity contribution in [1.29, 1.82) is 0 Å². The van der Waals surface area contributed by atoms with Gasteiger partial charge in [0.25, 0.3) is 0 Å². The Morgan fingerprint density at radius 2 is 2.55 bits per heavy atom. The molecule has 2 heteroatoms. The zero-order valence-electron chi connectivity index (χ0n) is 6.37. The van der Waals surface area contributed by atoms with Crippen LogP contribution in [0.5, 0.6) is 0 Å². The molecule has 0 bridgehead atoms. The van der Waals surface area contributed by atoms with Gasteiger partial charge in [0.05, 0.1) is 18.6 Å². The molecule has 0 fully saturated rings. The monoisotopic (exact) mass is 150 g/mol. The van der Waals surface area contributed by atoms with E-state index in [0.29, 0.717) is 6.42 Å². The predicted molar refractivity (Wildman–Crippen MR) is 41.7 cm³/mol. The third-order valence-corrected chi connectivity index (χ3v) is 1.40. The van der Waals surface area contributed by atoms with Crippen molar-refractivity contribution in [2.45, 2.75) is 19.4 Å². The summed E-state index contributed by atoms with van der Waals surface area (Å²) in [5, 5.41) is 9.38. The van der Waals surface area contributed by atoms with Crippen LogP contribution in [0.2, 0.25) is 0 Å². The maximum Gasteiger partial charge on any atom is 0.0960 e. The van der Waals surface area contributed by atoms with Crippen LogP contribution in [0.3, 0.4) is 0 Å². The number of furan rings is 1. The highest BCUT2D eigenvalue weighted by molar-refractivity contribution is 5.12. The van der Waals surface area contributed by atoms with E-state index in [1.54, 1.807) is 13.0 Å². The quantitative estimate of drug-likeness (QED) is 0.651. The van der Waals surface area contributed by atoms with E-state index in [2.05, 4.69) is 11.8 Å². The van der Waals surface area contributed by atoms with Gasteiger partial charge in [0.1, 0.15) is 0 Å². The van der Waals surface area contributed by atoms with Crippen LogP contribution in [0.25, 0.3) is 0 Å². The smallest absolute Gasteiger partial charge is 0.0960 e. The fraction of sp³-hybridized carbons (Fsp3) is 0.333. The van der Waals surface area contributed by atoms with Gasteiger partial charge < -0.3 is 9.52 Å². The Morgan fingerprint density at radius 3 is 3.09 bits per heavy atom. The van der Waals surface area contributed by atoms with E-state index in [-0.39, 0.29) is 0 Å². The molecule has 0 aliphatic heterocycles. The Hall–Kier alpha value is -1.20. The van der Waals surface area contributed by atoms with Crippen LogP contribution in [0.15, 0.2) is 23.0 Å². The Kier molecular flexibility index (Phi) is 2.76. The van der Waals surface area contributed by atoms with Gasteiger partial charge in [-0.05, 0) is 13.0 Å². The average molecular weight is 150 g/mol. The summed E-state index contributed by atoms with van der Waals surface area (Å²) in [5.74, 6) is 5.51. The average Bonchev–Trinajstić information content (AvgIpc) is 2.52. The highest BCUT2D eigenvalue weighted by Gasteiger charge is 2.05. The number of hydrogen-bond acceptors (Lipinski definition) is 2. The summed E-state index contributed by atoms with van der Waals surface area (Å²) in [4.78, 5) is 0. The second kappa shape index (κ2) is 3.85. The van der Waals surface area contributed by atoms with Crippen molar-refractivity contribution in [3.05, 3.63) is 24.2 Å². The highest BCUT2D eigenvalue weighted by atomic mass is 16.3. The molecule has 0 spiro atoms. The van der Waals surface area contributed by atoms with Crippen molar-refractivity contribution in [3.63, 3.8) is 0 Å². The maximum atomic E-state index is 9.38. The Bertz CT molecular complexity index is 251. The molecule has 0 saturated heterocycles. The van der Waals surface area contributed by atoms with E-state index in [0.717, 1.165) is 5.56 Å². The molecule has 0 saturated carbocycles. The molecule has 0 aromatic carbocycles. The largest absolute Gasteiger partial charge is 0.472 e. The van der Waals surface area contributed by atoms with Crippen molar-refractivity contribution in [2.24, 2.45) is 0 Å². The third-order valence-electron chi connectivity index (χ3n) is 1.40. The first kappa shape index (κ1) is 7.90. The Labute approximate surface area is 65.8 Å². The summed E-state index contributed by atoms with van der Waals surface area (Å²) >= 11 is 0. The van der Waals surface area contributed by atoms with Crippen LogP contribution in [0, 0.1) is 11.8 Å². The van der Waals surface area contributed by atoms with Crippen LogP contribution in [0.4, 0.5) is 0 Å². The normalized spacial score (nSPS) is 11.8. The molecule has 11 heavy (non-hydrogen) atoms. The van der Waals surface area contributed by atoms with Gasteiger partial charge in [0.15, 0.2) is 0 Å². The van der Waals surface area contributed by atoms with Crippen LogP contribution < -0.4 is 0 Å². The first-order valence-electron chi connectivity index (χ1n) is 3.44. The van der Waals surface area contributed by atoms with Gasteiger partial charge >= 0.3 is 0 Å². The lowest BCUT2D eigenvalue weighted by molar-refractivity contribution is 0.183. The molecule has 1 aromatic rings. The minimum atomic E-state index is -0.513. The Morgan fingerprint density at radius 1 is 1.73 bits per heavy atom. The van der Waals surface area contributed by atoms with Gasteiger partial charge in [0, 0.05) is 12.0 Å². The van der Waals surface area contributed by atoms with Crippen molar-refractivity contribution in [2.75, 3.05) is 0 Å². The van der Waals surface area contributed by atoms with E-state index in [1.165, 1.54) is 12.5 Å². The van der Waals surface area contributed by atoms with Crippen LogP contribution >= 0.6 is 0 Å². The molecule has 0 radical (unpaired) electrons. The van der Waals surface area contributed by atoms with Crippen molar-refractivity contribution in [1.82, 2.24) is 0 Å². The van der Waals surface area contributed by atoms with E-state index in [4.69, 9.17) is 4.42 Å². The molecule has 1 heterocycles. The van der Waals surface area contributed by atoms with Gasteiger partial charge in [-0.25, -0.2) is 0 Å². The fourth-order valence-electron chi connectivity index (χ4n) is 0.781. The topological polar surface area (TPSA) is 33.4 Å². The molecule has 58 valence electrons. The van der Waals surface area contributed by atoms with Crippen LogP contribution in [0.1, 0.15) is 25.0 Å². The molecule has 1 N–H and O–H groups in total. The van der Waals surface area contributed by atoms with Crippen LogP contribution in [-0.4, -0.2) is 5.11 Å². The Balaban J connectivity index is 2.53. The number of aliphatic hydroxyl groups is 1. The van der Waals surface area contributed by atoms with Crippen molar-refractivity contribution >= 4 is 0 Å². The lowest BCUT2D eigenvalue weighted by Gasteiger charge is -2.00. The lowest BCUT2D eigenvalue weighted by Crippen LogP contribution is -1.92. The van der Waals surface area contributed by atoms with Gasteiger partial charge in [-0.3, -0.25) is 0 Å². The SMILES string of the molecule is CC#CC[C@H](O)c1ccoc1. The molecule has 0 aliphatic rings. The molecular formula is C9H10O2. The summed E-state index contributed by atoms with van der Waals surface area (Å²) in [7, 11) is 0. The summed E-state index contributed by atoms with van der Waals surface area (Å²) in [6.45, 7) is 1.75. The van der Waals surface area contributed by atoms with Gasteiger partial charge in [-0.2, -0.15) is 0 Å². The summed E-state index contributed by atoms with van der Waals surface area (Å²) in [5.41, 5.74) is 0.785. The second-order valence-corrected chi connectivity index (χ2v) is 2.20. The van der Waals surface area contributed by atoms with E-state index < -0.39 is 6.10 Å². The fourth-order valence-corrected chi connectivity index (χ4v) is 0.781. The molecule has 2 nitrogen and oxygen atoms in total. The molecule has 1 atom stereocenters. The minimum Gasteiger partial charge on any atom is -0.472 e. The van der Waals surface area contributed by atoms with Gasteiger partial charge in [-0.15, -0.1) is 11.8 Å². The standard InChI is InChI=1S/C9H10O2/c1-2-3-4-9(10)8-5-6-11-7-8/h5-7,9-10H,4H2,1H3/t9-/m0/s1. The number of hydrogen-bond donors (Lipinski definition) is 1. The molecule has 0 unspecified atom stereocenters. The minimum absolute atomic E-state index is 0.468. The zero-order chi connectivity index (χ0) is 8.10. The molecule has 0 amide bonds. The molecule has 1 aromatic heterocycles. The van der Waals surface area contributed by atoms with E-state index >= 15 is 0 Å². The van der Waals surface area contributed by atoms with Crippen LogP contribution in [-0.2, 0) is 0 Å². The summed E-state index contributed by atoms with van der Waals surface area (Å²) in [6, 6.07) is 1.74. The molecule has 1 rings (SSSR count). The molecule has 0 aliphatic carbocycles. The second-order valence-electron chi connectivity index (χ2n) is 2.20. The van der Waals surface area contributed by atoms with Gasteiger partial charge in [-0.1, -0.05) is 0 Å². The first-order chi connectivity index (χ1) is 5.34. The maximum absolute atomic E-state index is 9.38. The van der Waals surface area contributed by atoms with E-state index in [1.807, 2.05) is 0 Å². The van der Waals surface area contributed by atoms with E-state index in [9.17, 15) is 5.11 Å². The first-order valence-corrected chi connectivity index (χ1v) is 3.44. The number of aliphatic hydroxyl groups excluding tert-OH is 1. The zero-order valence-corrected chi connectivity index (χ0v) is 6.37. The van der Waals surface area contributed by atoms with Crippen molar-refractivity contribution < 1.29 is 9.52 Å². The summed E-state index contributed by atoms with van der Waals surface area (Å²) in [6.07, 6.45) is 3.02. The predicted octanol–water partition coefficient (Wildman–Crippen LogP) is 1.73. The third kappa shape index (κ3) is 2.14. The summed E-state index contributed by atoms with van der Waals surface area (Å²) < 4.78 is 4.81. The molecular weight excluding hydrogens is 140 g/mol. The van der Waals surface area contributed by atoms with Crippen molar-refractivity contribution in [3.8, 4) is 11.8 Å². The highest BCUT2D eigenvalue weighted by Crippen LogP contribution is 2.15. The lowest BCUT2D eigenvalue weighted by atomic mass is 10.1. The van der Waals surface area contributed by atoms with Gasteiger partial charge in [0.2, 0.25) is 0 Å².